The molecule has 0 atom stereocenters. The number of benzene rings is 2. The van der Waals surface area contributed by atoms with Gasteiger partial charge in [0.05, 0.1) is 31.1 Å². The molecule has 0 aliphatic carbocycles. The van der Waals surface area contributed by atoms with E-state index in [4.69, 9.17) is 13.9 Å². The Morgan fingerprint density at radius 3 is 2.59 bits per heavy atom. The number of sulfonamides is 1. The molecule has 0 radical (unpaired) electrons. The number of anilines is 2. The third-order valence-corrected chi connectivity index (χ3v) is 6.32. The molecular formula is C19H20FIN4O6S. The number of aromatic nitrogens is 2. The number of ether oxygens (including phenoxy) is 2. The second-order valence-electron chi connectivity index (χ2n) is 6.38. The van der Waals surface area contributed by atoms with E-state index in [1.807, 2.05) is 12.1 Å². The van der Waals surface area contributed by atoms with Crippen LogP contribution in [0.3, 0.4) is 0 Å². The molecule has 1 aromatic heterocycles. The maximum absolute atomic E-state index is 14.9. The molecule has 13 heteroatoms. The maximum atomic E-state index is 14.9. The van der Waals surface area contributed by atoms with Crippen LogP contribution >= 0.6 is 22.6 Å². The molecular weight excluding hydrogens is 558 g/mol. The summed E-state index contributed by atoms with van der Waals surface area (Å²) in [6.45, 7) is 0.682. The topological polar surface area (TPSA) is 136 Å². The van der Waals surface area contributed by atoms with Crippen molar-refractivity contribution in [2.45, 2.75) is 4.90 Å². The van der Waals surface area contributed by atoms with Crippen molar-refractivity contribution in [3.05, 3.63) is 56.3 Å². The molecule has 0 saturated carbocycles. The third-order valence-electron chi connectivity index (χ3n) is 4.12. The van der Waals surface area contributed by atoms with Crippen molar-refractivity contribution < 1.29 is 26.7 Å². The average molecular weight is 578 g/mol. The number of methoxy groups -OCH3 is 1. The van der Waals surface area contributed by atoms with Crippen molar-refractivity contribution in [1.29, 1.82) is 0 Å². The molecule has 0 aliphatic rings. The highest BCUT2D eigenvalue weighted by atomic mass is 127. The zero-order valence-corrected chi connectivity index (χ0v) is 19.8. The van der Waals surface area contributed by atoms with Crippen molar-refractivity contribution >= 4 is 44.0 Å². The lowest BCUT2D eigenvalue weighted by molar-refractivity contribution is 0.0736. The number of hydrogen-bond acceptors (Lipinski definition) is 8. The normalized spacial score (nSPS) is 11.6. The van der Waals surface area contributed by atoms with E-state index in [1.165, 1.54) is 7.11 Å². The largest absolute Gasteiger partial charge is 0.434 e. The van der Waals surface area contributed by atoms with E-state index in [1.54, 1.807) is 12.1 Å². The second kappa shape index (κ2) is 11.0. The first-order valence-electron chi connectivity index (χ1n) is 9.28. The van der Waals surface area contributed by atoms with Crippen molar-refractivity contribution in [3.63, 3.8) is 0 Å². The van der Waals surface area contributed by atoms with Gasteiger partial charge in [-0.1, -0.05) is 0 Å². The third kappa shape index (κ3) is 6.35. The molecule has 0 bridgehead atoms. The van der Waals surface area contributed by atoms with Gasteiger partial charge in [-0.15, -0.1) is 5.10 Å². The zero-order chi connectivity index (χ0) is 23.1. The van der Waals surface area contributed by atoms with Crippen molar-refractivity contribution in [2.24, 2.45) is 0 Å². The minimum Gasteiger partial charge on any atom is -0.388 e. The molecule has 0 saturated heterocycles. The summed E-state index contributed by atoms with van der Waals surface area (Å²) in [4.78, 5) is 10.8. The molecule has 0 amide bonds. The maximum Gasteiger partial charge on any atom is 0.434 e. The molecule has 3 rings (SSSR count). The lowest BCUT2D eigenvalue weighted by atomic mass is 10.1. The molecule has 0 unspecified atom stereocenters. The minimum absolute atomic E-state index is 0.0685. The Balaban J connectivity index is 1.91. The highest BCUT2D eigenvalue weighted by Crippen LogP contribution is 2.33. The van der Waals surface area contributed by atoms with Crippen molar-refractivity contribution in [1.82, 2.24) is 14.9 Å². The molecule has 2 aromatic carbocycles. The number of nitrogens with zero attached hydrogens (tertiary/aromatic N) is 1. The van der Waals surface area contributed by atoms with Crippen LogP contribution in [0.2, 0.25) is 0 Å². The van der Waals surface area contributed by atoms with Crippen LogP contribution in [0.15, 0.2) is 50.5 Å². The predicted octanol–water partition coefficient (Wildman–Crippen LogP) is 2.46. The average Bonchev–Trinajstić information content (AvgIpc) is 3.18. The van der Waals surface area contributed by atoms with Gasteiger partial charge in [0.2, 0.25) is 10.0 Å². The number of aromatic amines is 1. The number of H-pyrrole nitrogens is 1. The Bertz CT molecular complexity index is 1210. The Morgan fingerprint density at radius 1 is 1.19 bits per heavy atom. The molecule has 172 valence electrons. The molecule has 0 aliphatic heterocycles. The zero-order valence-electron chi connectivity index (χ0n) is 16.9. The van der Waals surface area contributed by atoms with Gasteiger partial charge < -0.3 is 19.2 Å². The summed E-state index contributed by atoms with van der Waals surface area (Å²) in [5, 5.41) is 8.85. The quantitative estimate of drug-likeness (QED) is 0.233. The van der Waals surface area contributed by atoms with E-state index in [9.17, 15) is 17.6 Å². The van der Waals surface area contributed by atoms with Gasteiger partial charge in [0.25, 0.3) is 5.89 Å². The van der Waals surface area contributed by atoms with Crippen LogP contribution in [0.1, 0.15) is 0 Å². The SMILES string of the molecule is COCCOCCNS(=O)(=O)c1cc(-c2n[nH]c(=O)o2)c(Nc2ccc(I)cc2)cc1F. The molecule has 0 spiro atoms. The molecule has 3 N–H and O–H groups in total. The van der Waals surface area contributed by atoms with E-state index in [0.29, 0.717) is 18.9 Å². The molecule has 0 fully saturated rings. The fourth-order valence-electron chi connectivity index (χ4n) is 2.64. The van der Waals surface area contributed by atoms with Crippen LogP contribution in [0.4, 0.5) is 15.8 Å². The van der Waals surface area contributed by atoms with Crippen LogP contribution in [0, 0.1) is 9.39 Å². The number of hydrogen-bond donors (Lipinski definition) is 3. The van der Waals surface area contributed by atoms with Gasteiger partial charge in [-0.3, -0.25) is 0 Å². The first kappa shape index (κ1) is 24.3. The predicted molar refractivity (Wildman–Crippen MR) is 123 cm³/mol. The first-order chi connectivity index (χ1) is 15.3. The van der Waals surface area contributed by atoms with Crippen LogP contribution < -0.4 is 15.8 Å². The van der Waals surface area contributed by atoms with E-state index >= 15 is 0 Å². The summed E-state index contributed by atoms with van der Waals surface area (Å²) in [5.41, 5.74) is 0.867. The number of nitrogens with one attached hydrogen (secondary N) is 3. The molecule has 1 heterocycles. The van der Waals surface area contributed by atoms with E-state index in [2.05, 4.69) is 42.8 Å². The van der Waals surface area contributed by atoms with Crippen LogP contribution in [0.25, 0.3) is 11.5 Å². The lowest BCUT2D eigenvalue weighted by Crippen LogP contribution is -2.28. The summed E-state index contributed by atoms with van der Waals surface area (Å²) < 4.78 is 58.5. The van der Waals surface area contributed by atoms with E-state index in [0.717, 1.165) is 15.7 Å². The molecule has 3 aromatic rings. The Kier molecular flexibility index (Phi) is 8.36. The minimum atomic E-state index is -4.23. The lowest BCUT2D eigenvalue weighted by Gasteiger charge is -2.14. The summed E-state index contributed by atoms with van der Waals surface area (Å²) in [6, 6.07) is 9.26. The van der Waals surface area contributed by atoms with Crippen LogP contribution in [-0.4, -0.2) is 52.1 Å². The Hall–Kier alpha value is -2.33. The second-order valence-corrected chi connectivity index (χ2v) is 9.36. The van der Waals surface area contributed by atoms with Gasteiger partial charge in [0, 0.05) is 22.9 Å². The smallest absolute Gasteiger partial charge is 0.388 e. The fourth-order valence-corrected chi connectivity index (χ4v) is 4.10. The van der Waals surface area contributed by atoms with Gasteiger partial charge in [0.1, 0.15) is 10.7 Å². The summed E-state index contributed by atoms with van der Waals surface area (Å²) in [5.74, 6) is -2.02. The fraction of sp³-hybridized carbons (Fsp3) is 0.263. The van der Waals surface area contributed by atoms with Crippen molar-refractivity contribution in [3.8, 4) is 11.5 Å². The highest BCUT2D eigenvalue weighted by molar-refractivity contribution is 14.1. The molecule has 32 heavy (non-hydrogen) atoms. The van der Waals surface area contributed by atoms with Crippen LogP contribution in [0.5, 0.6) is 0 Å². The highest BCUT2D eigenvalue weighted by Gasteiger charge is 2.24. The summed E-state index contributed by atoms with van der Waals surface area (Å²) in [7, 11) is -2.71. The standard InChI is InChI=1S/C19H20FIN4O6S/c1-29-8-9-30-7-6-22-32(27,28)17-10-14(18-24-25-19(26)31-18)16(11-15(17)20)23-13-4-2-12(21)3-5-13/h2-5,10-11,22-23H,6-9H2,1H3,(H,25,26). The monoisotopic (exact) mass is 578 g/mol. The molecule has 10 nitrogen and oxygen atoms in total. The number of halogens is 2. The Labute approximate surface area is 196 Å². The van der Waals surface area contributed by atoms with Crippen LogP contribution in [-0.2, 0) is 19.5 Å². The summed E-state index contributed by atoms with van der Waals surface area (Å²) in [6.07, 6.45) is 0. The van der Waals surface area contributed by atoms with Gasteiger partial charge in [-0.05, 0) is 59.0 Å². The van der Waals surface area contributed by atoms with Gasteiger partial charge in [-0.25, -0.2) is 27.4 Å². The number of rotatable bonds is 11. The van der Waals surface area contributed by atoms with Gasteiger partial charge in [-0.2, -0.15) is 0 Å². The van der Waals surface area contributed by atoms with E-state index in [-0.39, 0.29) is 30.3 Å². The Morgan fingerprint density at radius 2 is 1.94 bits per heavy atom. The summed E-state index contributed by atoms with van der Waals surface area (Å²) >= 11 is 2.14. The van der Waals surface area contributed by atoms with Gasteiger partial charge in [0.15, 0.2) is 0 Å². The van der Waals surface area contributed by atoms with E-state index < -0.39 is 26.5 Å². The van der Waals surface area contributed by atoms with Crippen molar-refractivity contribution in [2.75, 3.05) is 38.8 Å². The van der Waals surface area contributed by atoms with Gasteiger partial charge >= 0.3 is 5.76 Å². The first-order valence-corrected chi connectivity index (χ1v) is 11.8.